The first-order valence-corrected chi connectivity index (χ1v) is 10.8. The van der Waals surface area contributed by atoms with Gasteiger partial charge in [0.15, 0.2) is 0 Å². The number of nitrogens with one attached hydrogen (secondary N) is 1. The van der Waals surface area contributed by atoms with E-state index in [0.717, 1.165) is 11.1 Å². The molecule has 1 aromatic heterocycles. The maximum absolute atomic E-state index is 13.3. The average molecular weight is 407 g/mol. The minimum absolute atomic E-state index is 0.0258. The molecule has 0 unspecified atom stereocenters. The molecule has 1 amide bonds. The van der Waals surface area contributed by atoms with E-state index in [4.69, 9.17) is 0 Å². The van der Waals surface area contributed by atoms with E-state index in [0.29, 0.717) is 18.7 Å². The van der Waals surface area contributed by atoms with Crippen LogP contribution in [-0.2, 0) is 21.2 Å². The number of hydrogen-bond acceptors (Lipinski definition) is 4. The third-order valence-corrected chi connectivity index (χ3v) is 6.96. The lowest BCUT2D eigenvalue weighted by molar-refractivity contribution is -0.117. The van der Waals surface area contributed by atoms with Gasteiger partial charge >= 0.3 is 0 Å². The first kappa shape index (κ1) is 19.3. The quantitative estimate of drug-likeness (QED) is 0.703. The normalized spacial score (nSPS) is 16.8. The summed E-state index contributed by atoms with van der Waals surface area (Å²) < 4.78 is 28.1. The number of nitrogens with zero attached hydrogens (tertiary/aromatic N) is 2. The van der Waals surface area contributed by atoms with Crippen molar-refractivity contribution < 1.29 is 13.2 Å². The van der Waals surface area contributed by atoms with Crippen molar-refractivity contribution in [3.63, 3.8) is 0 Å². The lowest BCUT2D eigenvalue weighted by Gasteiger charge is -2.36. The second kappa shape index (κ2) is 8.14. The Hall–Kier alpha value is -3.03. The Morgan fingerprint density at radius 2 is 1.79 bits per heavy atom. The molecule has 1 N–H and O–H groups in total. The lowest BCUT2D eigenvalue weighted by atomic mass is 9.92. The predicted molar refractivity (Wildman–Crippen MR) is 111 cm³/mol. The summed E-state index contributed by atoms with van der Waals surface area (Å²) in [6, 6.07) is 19.0. The number of amides is 1. The molecule has 0 spiro atoms. The van der Waals surface area contributed by atoms with E-state index in [2.05, 4.69) is 10.3 Å². The van der Waals surface area contributed by atoms with Crippen molar-refractivity contribution in [2.24, 2.45) is 0 Å². The summed E-state index contributed by atoms with van der Waals surface area (Å²) in [5.41, 5.74) is 2.53. The fourth-order valence-electron chi connectivity index (χ4n) is 3.68. The number of carbonyl (C=O) groups is 1. The van der Waals surface area contributed by atoms with E-state index in [9.17, 15) is 13.2 Å². The first-order chi connectivity index (χ1) is 14.1. The number of anilines is 1. The van der Waals surface area contributed by atoms with E-state index in [1.807, 2.05) is 24.3 Å². The minimum atomic E-state index is -3.73. The smallest absolute Gasteiger partial charge is 0.243 e. The summed E-state index contributed by atoms with van der Waals surface area (Å²) in [5, 5.41) is 2.81. The molecule has 0 saturated carbocycles. The Labute approximate surface area is 170 Å². The third-order valence-electron chi connectivity index (χ3n) is 5.04. The van der Waals surface area contributed by atoms with Crippen LogP contribution >= 0.6 is 0 Å². The van der Waals surface area contributed by atoms with Crippen molar-refractivity contribution in [1.82, 2.24) is 9.29 Å². The van der Waals surface area contributed by atoms with Gasteiger partial charge in [0, 0.05) is 19.2 Å². The van der Waals surface area contributed by atoms with Gasteiger partial charge in [-0.15, -0.1) is 0 Å². The molecule has 7 heteroatoms. The third kappa shape index (κ3) is 4.06. The summed E-state index contributed by atoms with van der Waals surface area (Å²) in [6.45, 7) is 0.332. The molecule has 2 aromatic carbocycles. The molecule has 0 saturated heterocycles. The van der Waals surface area contributed by atoms with Crippen molar-refractivity contribution in [3.05, 3.63) is 90.3 Å². The van der Waals surface area contributed by atoms with Gasteiger partial charge in [-0.25, -0.2) is 8.42 Å². The molecule has 1 aliphatic heterocycles. The number of aromatic nitrogens is 1. The van der Waals surface area contributed by atoms with Crippen molar-refractivity contribution in [1.29, 1.82) is 0 Å². The Balaban J connectivity index is 1.67. The SMILES string of the molecule is O=C(C[C@H]1c2ccccc2CCN1S(=O)(=O)c1ccccc1)Nc1cccnc1. The van der Waals surface area contributed by atoms with Crippen LogP contribution in [0.3, 0.4) is 0 Å². The van der Waals surface area contributed by atoms with Gasteiger partial charge in [0.1, 0.15) is 0 Å². The van der Waals surface area contributed by atoms with Gasteiger partial charge in [0.25, 0.3) is 0 Å². The molecule has 6 nitrogen and oxygen atoms in total. The highest BCUT2D eigenvalue weighted by Gasteiger charge is 2.37. The molecule has 2 heterocycles. The molecule has 0 bridgehead atoms. The van der Waals surface area contributed by atoms with Crippen molar-refractivity contribution in [2.75, 3.05) is 11.9 Å². The van der Waals surface area contributed by atoms with Gasteiger partial charge < -0.3 is 5.32 Å². The van der Waals surface area contributed by atoms with Crippen LogP contribution < -0.4 is 5.32 Å². The van der Waals surface area contributed by atoms with Crippen LogP contribution in [0.1, 0.15) is 23.6 Å². The summed E-state index contributed by atoms with van der Waals surface area (Å²) >= 11 is 0. The van der Waals surface area contributed by atoms with Gasteiger partial charge in [-0.2, -0.15) is 4.31 Å². The Kier molecular flexibility index (Phi) is 5.42. The first-order valence-electron chi connectivity index (χ1n) is 9.40. The van der Waals surface area contributed by atoms with Gasteiger partial charge in [-0.05, 0) is 41.8 Å². The highest BCUT2D eigenvalue weighted by Crippen LogP contribution is 2.36. The van der Waals surface area contributed by atoms with Crippen LogP contribution in [0.15, 0.2) is 84.0 Å². The van der Waals surface area contributed by atoms with Crippen LogP contribution in [0.5, 0.6) is 0 Å². The number of rotatable bonds is 5. The minimum Gasteiger partial charge on any atom is -0.325 e. The van der Waals surface area contributed by atoms with Crippen molar-refractivity contribution >= 4 is 21.6 Å². The summed E-state index contributed by atoms with van der Waals surface area (Å²) in [7, 11) is -3.73. The van der Waals surface area contributed by atoms with Crippen LogP contribution in [0.2, 0.25) is 0 Å². The van der Waals surface area contributed by atoms with Crippen molar-refractivity contribution in [3.8, 4) is 0 Å². The average Bonchev–Trinajstić information content (AvgIpc) is 2.75. The number of sulfonamides is 1. The molecule has 148 valence electrons. The van der Waals surface area contributed by atoms with Crippen LogP contribution in [0.25, 0.3) is 0 Å². The number of fused-ring (bicyclic) bond motifs is 1. The molecular weight excluding hydrogens is 386 g/mol. The summed E-state index contributed by atoms with van der Waals surface area (Å²) in [5.74, 6) is -0.257. The highest BCUT2D eigenvalue weighted by molar-refractivity contribution is 7.89. The zero-order valence-corrected chi connectivity index (χ0v) is 16.5. The molecule has 29 heavy (non-hydrogen) atoms. The fourth-order valence-corrected chi connectivity index (χ4v) is 5.31. The second-order valence-electron chi connectivity index (χ2n) is 6.89. The largest absolute Gasteiger partial charge is 0.325 e. The zero-order chi connectivity index (χ0) is 20.3. The number of pyridine rings is 1. The van der Waals surface area contributed by atoms with E-state index < -0.39 is 16.1 Å². The van der Waals surface area contributed by atoms with Crippen molar-refractivity contribution in [2.45, 2.75) is 23.8 Å². The van der Waals surface area contributed by atoms with E-state index in [1.165, 1.54) is 4.31 Å². The molecular formula is C22H21N3O3S. The predicted octanol–water partition coefficient (Wildman–Crippen LogP) is 3.40. The number of benzene rings is 2. The topological polar surface area (TPSA) is 79.4 Å². The van der Waals surface area contributed by atoms with Crippen LogP contribution in [-0.4, -0.2) is 30.2 Å². The Morgan fingerprint density at radius 3 is 2.55 bits per heavy atom. The molecule has 1 aliphatic rings. The molecule has 3 aromatic rings. The van der Waals surface area contributed by atoms with Crippen LogP contribution in [0.4, 0.5) is 5.69 Å². The van der Waals surface area contributed by atoms with Gasteiger partial charge in [0.2, 0.25) is 15.9 Å². The second-order valence-corrected chi connectivity index (χ2v) is 8.78. The highest BCUT2D eigenvalue weighted by atomic mass is 32.2. The van der Waals surface area contributed by atoms with Gasteiger partial charge in [-0.1, -0.05) is 42.5 Å². The number of hydrogen-bond donors (Lipinski definition) is 1. The molecule has 0 aliphatic carbocycles. The maximum atomic E-state index is 13.3. The monoisotopic (exact) mass is 407 g/mol. The summed E-state index contributed by atoms with van der Waals surface area (Å²) in [6.07, 6.45) is 3.83. The van der Waals surface area contributed by atoms with Gasteiger partial charge in [0.05, 0.1) is 22.8 Å². The maximum Gasteiger partial charge on any atom is 0.243 e. The van der Waals surface area contributed by atoms with Gasteiger partial charge in [-0.3, -0.25) is 9.78 Å². The van der Waals surface area contributed by atoms with E-state index >= 15 is 0 Å². The summed E-state index contributed by atoms with van der Waals surface area (Å²) in [4.78, 5) is 17.0. The van der Waals surface area contributed by atoms with E-state index in [1.54, 1.807) is 54.9 Å². The fraction of sp³-hybridized carbons (Fsp3) is 0.182. The standard InChI is InChI=1S/C22H21N3O3S/c26-22(24-18-8-6-13-23-16-18)15-21-20-11-5-4-7-17(20)12-14-25(21)29(27,28)19-9-2-1-3-10-19/h1-11,13,16,21H,12,14-15H2,(H,24,26)/t21-/m0/s1. The number of carbonyl (C=O) groups excluding carboxylic acids is 1. The zero-order valence-electron chi connectivity index (χ0n) is 15.7. The van der Waals surface area contributed by atoms with E-state index in [-0.39, 0.29) is 17.2 Å². The molecule has 0 fully saturated rings. The molecule has 0 radical (unpaired) electrons. The molecule has 1 atom stereocenters. The molecule has 4 rings (SSSR count). The lowest BCUT2D eigenvalue weighted by Crippen LogP contribution is -2.41. The van der Waals surface area contributed by atoms with Crippen LogP contribution in [0, 0.1) is 0 Å². The Bertz CT molecular complexity index is 1100. The Morgan fingerprint density at radius 1 is 1.03 bits per heavy atom.